The molecule has 0 saturated carbocycles. The van der Waals surface area contributed by atoms with Crippen molar-refractivity contribution in [2.75, 3.05) is 23.0 Å². The van der Waals surface area contributed by atoms with Crippen LogP contribution in [0.3, 0.4) is 0 Å². The minimum Gasteiger partial charge on any atom is -0.481 e. The van der Waals surface area contributed by atoms with Crippen molar-refractivity contribution in [1.82, 2.24) is 0 Å². The monoisotopic (exact) mass is 362 g/mol. The summed E-state index contributed by atoms with van der Waals surface area (Å²) >= 11 is 8.18. The maximum Gasteiger partial charge on any atom is 0.313 e. The van der Waals surface area contributed by atoms with Gasteiger partial charge in [0.05, 0.1) is 24.3 Å². The number of thioether (sulfide) groups is 1. The topological polar surface area (TPSA) is 149 Å². The molecule has 0 aromatic carbocycles. The lowest BCUT2D eigenvalue weighted by Crippen LogP contribution is -1.99. The summed E-state index contributed by atoms with van der Waals surface area (Å²) in [7, 11) is 0. The fraction of sp³-hybridized carbons (Fsp3) is 0.600. The zero-order valence-electron chi connectivity index (χ0n) is 11.0. The second kappa shape index (κ2) is 18.9. The molecule has 0 rings (SSSR count). The molecule has 0 radical (unpaired) electrons. The van der Waals surface area contributed by atoms with Gasteiger partial charge in [0.1, 0.15) is 0 Å². The van der Waals surface area contributed by atoms with Gasteiger partial charge >= 0.3 is 23.9 Å². The summed E-state index contributed by atoms with van der Waals surface area (Å²) in [5, 5.41) is 31.7. The van der Waals surface area contributed by atoms with Crippen molar-refractivity contribution in [1.29, 1.82) is 0 Å². The van der Waals surface area contributed by atoms with E-state index in [4.69, 9.17) is 20.4 Å². The molecule has 0 aromatic rings. The Hall–Kier alpha value is -1.07. The number of hydrogen-bond acceptors (Lipinski definition) is 7. The van der Waals surface area contributed by atoms with Gasteiger partial charge in [0, 0.05) is 11.5 Å². The molecule has 0 unspecified atom stereocenters. The summed E-state index contributed by atoms with van der Waals surface area (Å²) in [5.41, 5.74) is 0. The molecule has 0 atom stereocenters. The molecule has 8 nitrogen and oxygen atoms in total. The van der Waals surface area contributed by atoms with E-state index in [1.54, 1.807) is 0 Å². The van der Waals surface area contributed by atoms with E-state index in [0.29, 0.717) is 11.5 Å². The maximum atomic E-state index is 9.97. The van der Waals surface area contributed by atoms with Crippen molar-refractivity contribution in [3.05, 3.63) is 0 Å². The first kappa shape index (κ1) is 24.9. The third kappa shape index (κ3) is 45.4. The van der Waals surface area contributed by atoms with E-state index >= 15 is 0 Å². The van der Waals surface area contributed by atoms with Crippen LogP contribution in [0.4, 0.5) is 0 Å². The molecule has 21 heavy (non-hydrogen) atoms. The summed E-state index contributed by atoms with van der Waals surface area (Å²) in [6, 6.07) is 0. The Bertz CT molecular complexity index is 291. The van der Waals surface area contributed by atoms with Crippen LogP contribution >= 0.6 is 37.0 Å². The highest BCUT2D eigenvalue weighted by atomic mass is 32.2. The average molecular weight is 362 g/mol. The lowest BCUT2D eigenvalue weighted by atomic mass is 10.5. The highest BCUT2D eigenvalue weighted by Crippen LogP contribution is 2.03. The van der Waals surface area contributed by atoms with Gasteiger partial charge < -0.3 is 20.4 Å². The Kier molecular flexibility index (Phi) is 22.5. The predicted molar refractivity (Wildman–Crippen MR) is 84.8 cm³/mol. The highest BCUT2D eigenvalue weighted by Gasteiger charge is 1.98. The maximum absolute atomic E-state index is 9.97. The third-order valence-electron chi connectivity index (χ3n) is 1.19. The smallest absolute Gasteiger partial charge is 0.313 e. The van der Waals surface area contributed by atoms with E-state index in [9.17, 15) is 19.2 Å². The Morgan fingerprint density at radius 2 is 0.905 bits per heavy atom. The van der Waals surface area contributed by atoms with Crippen LogP contribution in [-0.4, -0.2) is 67.3 Å². The first-order valence-electron chi connectivity index (χ1n) is 5.33. The van der Waals surface area contributed by atoms with Gasteiger partial charge in [0.25, 0.3) is 0 Å². The van der Waals surface area contributed by atoms with Crippen LogP contribution in [0, 0.1) is 0 Å². The van der Waals surface area contributed by atoms with Gasteiger partial charge in [-0.1, -0.05) is 0 Å². The van der Waals surface area contributed by atoms with Gasteiger partial charge in [-0.15, -0.1) is 0 Å². The summed E-state index contributed by atoms with van der Waals surface area (Å²) < 4.78 is 0. The Labute approximate surface area is 136 Å². The molecule has 0 aliphatic carbocycles. The summed E-state index contributed by atoms with van der Waals surface area (Å²) in [5.74, 6) is -2.63. The minimum atomic E-state index is -0.881. The van der Waals surface area contributed by atoms with E-state index < -0.39 is 23.9 Å². The van der Waals surface area contributed by atoms with Crippen molar-refractivity contribution in [3.8, 4) is 0 Å². The van der Waals surface area contributed by atoms with Crippen molar-refractivity contribution in [2.45, 2.75) is 12.8 Å². The molecular weight excluding hydrogens is 344 g/mol. The van der Waals surface area contributed by atoms with Gasteiger partial charge in [-0.25, -0.2) is 0 Å². The number of rotatable bonds is 8. The molecule has 0 heterocycles. The first-order chi connectivity index (χ1) is 9.67. The zero-order valence-corrected chi connectivity index (χ0v) is 13.6. The molecule has 11 heteroatoms. The normalized spacial score (nSPS) is 8.48. The summed E-state index contributed by atoms with van der Waals surface area (Å²) in [6.07, 6.45) is 0.203. The molecular formula is C10H18O8S3. The minimum absolute atomic E-state index is 0.0833. The van der Waals surface area contributed by atoms with Gasteiger partial charge in [0.2, 0.25) is 0 Å². The largest absolute Gasteiger partial charge is 0.481 e. The third-order valence-corrected chi connectivity index (χ3v) is 2.72. The quantitative estimate of drug-likeness (QED) is 0.270. The highest BCUT2D eigenvalue weighted by molar-refractivity contribution is 7.99. The number of carboxylic acid groups (broad SMARTS) is 4. The second-order valence-electron chi connectivity index (χ2n) is 3.00. The lowest BCUT2D eigenvalue weighted by molar-refractivity contribution is -0.137. The Balaban J connectivity index is -0.000000270. The molecule has 0 aliphatic heterocycles. The van der Waals surface area contributed by atoms with Crippen molar-refractivity contribution >= 4 is 60.9 Å². The number of aliphatic carboxylic acids is 4. The predicted octanol–water partition coefficient (Wildman–Crippen LogP) is 0.671. The first-order valence-corrected chi connectivity index (χ1v) is 7.75. The van der Waals surface area contributed by atoms with Crippen LogP contribution in [0.25, 0.3) is 0 Å². The average Bonchev–Trinajstić information content (AvgIpc) is 2.38. The van der Waals surface area contributed by atoms with Crippen LogP contribution in [0.5, 0.6) is 0 Å². The van der Waals surface area contributed by atoms with E-state index in [2.05, 4.69) is 25.3 Å². The standard InChI is InChI=1S/C6H10O4S.2C2H4O2S/c7-5(8)1-3-11-4-2-6(9)10;2*3-2(4)1-5/h1-4H2,(H,7,8)(H,9,10);2*5H,1H2,(H,3,4). The van der Waals surface area contributed by atoms with Crippen LogP contribution < -0.4 is 0 Å². The molecule has 0 amide bonds. The van der Waals surface area contributed by atoms with Crippen LogP contribution in [0.1, 0.15) is 12.8 Å². The molecule has 0 bridgehead atoms. The number of carboxylic acids is 4. The van der Waals surface area contributed by atoms with Gasteiger partial charge in [-0.3, -0.25) is 19.2 Å². The van der Waals surface area contributed by atoms with Crippen LogP contribution in [-0.2, 0) is 19.2 Å². The van der Waals surface area contributed by atoms with Gasteiger partial charge in [-0.2, -0.15) is 37.0 Å². The molecule has 0 aromatic heterocycles. The van der Waals surface area contributed by atoms with Crippen LogP contribution in [0.15, 0.2) is 0 Å². The molecule has 0 saturated heterocycles. The number of carbonyl (C=O) groups is 4. The molecule has 4 N–H and O–H groups in total. The fourth-order valence-electron chi connectivity index (χ4n) is 0.421. The molecule has 0 fully saturated rings. The van der Waals surface area contributed by atoms with E-state index in [1.165, 1.54) is 11.8 Å². The molecule has 0 spiro atoms. The van der Waals surface area contributed by atoms with Gasteiger partial charge in [-0.05, 0) is 0 Å². The van der Waals surface area contributed by atoms with Crippen molar-refractivity contribution in [2.24, 2.45) is 0 Å². The summed E-state index contributed by atoms with van der Waals surface area (Å²) in [4.78, 5) is 38.5. The second-order valence-corrected chi connectivity index (χ2v) is 4.86. The number of hydrogen-bond donors (Lipinski definition) is 6. The van der Waals surface area contributed by atoms with Crippen molar-refractivity contribution in [3.63, 3.8) is 0 Å². The number of thiol groups is 2. The Morgan fingerprint density at radius 1 is 0.667 bits per heavy atom. The zero-order chi connectivity index (χ0) is 17.3. The SMILES string of the molecule is O=C(O)CCSCCC(=O)O.O=C(O)CS.O=C(O)CS. The Morgan fingerprint density at radius 3 is 1.05 bits per heavy atom. The van der Waals surface area contributed by atoms with Gasteiger partial charge in [0.15, 0.2) is 0 Å². The van der Waals surface area contributed by atoms with Crippen LogP contribution in [0.2, 0.25) is 0 Å². The molecule has 124 valence electrons. The van der Waals surface area contributed by atoms with E-state index in [0.717, 1.165) is 0 Å². The van der Waals surface area contributed by atoms with E-state index in [1.807, 2.05) is 0 Å². The lowest BCUT2D eigenvalue weighted by Gasteiger charge is -1.94. The molecule has 0 aliphatic rings. The summed E-state index contributed by atoms with van der Waals surface area (Å²) in [6.45, 7) is 0. The van der Waals surface area contributed by atoms with Crippen molar-refractivity contribution < 1.29 is 39.6 Å². The van der Waals surface area contributed by atoms with E-state index in [-0.39, 0.29) is 24.3 Å². The fourth-order valence-corrected chi connectivity index (χ4v) is 1.26.